The summed E-state index contributed by atoms with van der Waals surface area (Å²) in [7, 11) is 0. The molecule has 2 N–H and O–H groups in total. The van der Waals surface area contributed by atoms with Crippen LogP contribution in [0.4, 0.5) is 13.2 Å². The number of hydrogen-bond donors (Lipinski definition) is 2. The van der Waals surface area contributed by atoms with Gasteiger partial charge >= 0.3 is 12.1 Å². The van der Waals surface area contributed by atoms with Crippen molar-refractivity contribution in [1.82, 2.24) is 0 Å². The molecule has 0 amide bonds. The Kier molecular flexibility index (Phi) is 3.43. The Morgan fingerprint density at radius 2 is 2.00 bits per heavy atom. The van der Waals surface area contributed by atoms with Crippen LogP contribution in [0.1, 0.15) is 36.3 Å². The van der Waals surface area contributed by atoms with E-state index in [2.05, 4.69) is 0 Å². The Morgan fingerprint density at radius 3 is 2.47 bits per heavy atom. The van der Waals surface area contributed by atoms with E-state index in [-0.39, 0.29) is 11.5 Å². The highest BCUT2D eigenvalue weighted by molar-refractivity contribution is 5.69. The van der Waals surface area contributed by atoms with Crippen LogP contribution in [0, 0.1) is 5.92 Å². The monoisotopic (exact) mass is 274 g/mol. The van der Waals surface area contributed by atoms with Crippen LogP contribution >= 0.6 is 0 Å². The third-order valence-electron chi connectivity index (χ3n) is 3.34. The predicted octanol–water partition coefficient (Wildman–Crippen LogP) is 3.38. The van der Waals surface area contributed by atoms with Gasteiger partial charge < -0.3 is 10.2 Å². The Hall–Kier alpha value is -1.72. The molecule has 0 aliphatic heterocycles. The number of rotatable bonds is 4. The summed E-state index contributed by atoms with van der Waals surface area (Å²) in [6.45, 7) is 0. The van der Waals surface area contributed by atoms with Gasteiger partial charge in [0.1, 0.15) is 5.75 Å². The van der Waals surface area contributed by atoms with Crippen molar-refractivity contribution in [2.24, 2.45) is 5.92 Å². The molecule has 0 aromatic heterocycles. The largest absolute Gasteiger partial charge is 0.508 e. The highest BCUT2D eigenvalue weighted by Gasteiger charge is 2.42. The summed E-state index contributed by atoms with van der Waals surface area (Å²) >= 11 is 0. The predicted molar refractivity (Wildman–Crippen MR) is 60.8 cm³/mol. The first-order valence-electron chi connectivity index (χ1n) is 5.91. The zero-order chi connectivity index (χ0) is 14.2. The molecule has 1 aliphatic carbocycles. The van der Waals surface area contributed by atoms with Gasteiger partial charge in [0.05, 0.1) is 12.0 Å². The van der Waals surface area contributed by atoms with E-state index in [9.17, 15) is 23.1 Å². The lowest BCUT2D eigenvalue weighted by atomic mass is 9.86. The highest BCUT2D eigenvalue weighted by atomic mass is 19.4. The van der Waals surface area contributed by atoms with E-state index < -0.39 is 35.8 Å². The second-order valence-electron chi connectivity index (χ2n) is 4.78. The minimum atomic E-state index is -4.60. The molecule has 1 aromatic rings. The van der Waals surface area contributed by atoms with Crippen molar-refractivity contribution < 1.29 is 28.2 Å². The molecule has 104 valence electrons. The van der Waals surface area contributed by atoms with Crippen molar-refractivity contribution in [3.8, 4) is 5.75 Å². The van der Waals surface area contributed by atoms with Crippen LogP contribution in [0.2, 0.25) is 0 Å². The van der Waals surface area contributed by atoms with Crippen molar-refractivity contribution in [2.45, 2.75) is 31.4 Å². The summed E-state index contributed by atoms with van der Waals surface area (Å²) in [5, 5.41) is 18.6. The molecule has 0 spiro atoms. The van der Waals surface area contributed by atoms with Crippen LogP contribution in [0.15, 0.2) is 18.2 Å². The fourth-order valence-corrected chi connectivity index (χ4v) is 2.38. The maximum Gasteiger partial charge on any atom is 0.416 e. The average molecular weight is 274 g/mol. The molecular weight excluding hydrogens is 261 g/mol. The van der Waals surface area contributed by atoms with E-state index in [0.29, 0.717) is 12.8 Å². The van der Waals surface area contributed by atoms with Crippen LogP contribution in [0.5, 0.6) is 5.75 Å². The lowest BCUT2D eigenvalue weighted by Crippen LogP contribution is -2.16. The third kappa shape index (κ3) is 3.00. The van der Waals surface area contributed by atoms with Gasteiger partial charge in [-0.2, -0.15) is 13.2 Å². The van der Waals surface area contributed by atoms with Gasteiger partial charge in [-0.3, -0.25) is 4.79 Å². The molecule has 1 atom stereocenters. The van der Waals surface area contributed by atoms with E-state index in [1.54, 1.807) is 0 Å². The maximum atomic E-state index is 13.0. The van der Waals surface area contributed by atoms with E-state index in [4.69, 9.17) is 5.11 Å². The molecule has 3 nitrogen and oxygen atoms in total. The Morgan fingerprint density at radius 1 is 1.37 bits per heavy atom. The molecule has 1 saturated carbocycles. The number of carboxylic acid groups (broad SMARTS) is 1. The Bertz CT molecular complexity index is 492. The quantitative estimate of drug-likeness (QED) is 0.884. The van der Waals surface area contributed by atoms with Crippen molar-refractivity contribution in [3.63, 3.8) is 0 Å². The first kappa shape index (κ1) is 13.7. The van der Waals surface area contributed by atoms with Gasteiger partial charge in [0, 0.05) is 11.5 Å². The van der Waals surface area contributed by atoms with Crippen molar-refractivity contribution >= 4 is 5.97 Å². The fraction of sp³-hybridized carbons (Fsp3) is 0.462. The summed E-state index contributed by atoms with van der Waals surface area (Å²) in [6, 6.07) is 3.17. The number of carbonyl (C=O) groups is 1. The number of aromatic hydroxyl groups is 1. The van der Waals surface area contributed by atoms with Crippen molar-refractivity contribution in [2.75, 3.05) is 0 Å². The summed E-state index contributed by atoms with van der Waals surface area (Å²) in [4.78, 5) is 10.8. The number of hydrogen-bond acceptors (Lipinski definition) is 2. The van der Waals surface area contributed by atoms with E-state index in [1.165, 1.54) is 6.07 Å². The zero-order valence-electron chi connectivity index (χ0n) is 9.94. The standard InChI is InChI=1S/C13H13F3O3/c14-13(15,16)9-2-1-3-10(17)12(9)8(6-11(18)19)7-4-5-7/h1-3,7-8,17H,4-6H2,(H,18,19). The number of benzene rings is 1. The molecule has 19 heavy (non-hydrogen) atoms. The molecule has 6 heteroatoms. The van der Waals surface area contributed by atoms with Gasteiger partial charge in [0.25, 0.3) is 0 Å². The molecule has 0 bridgehead atoms. The van der Waals surface area contributed by atoms with E-state index in [0.717, 1.165) is 12.1 Å². The number of alkyl halides is 3. The van der Waals surface area contributed by atoms with Gasteiger partial charge in [-0.05, 0) is 30.9 Å². The van der Waals surface area contributed by atoms with Crippen LogP contribution in [-0.2, 0) is 11.0 Å². The Balaban J connectivity index is 2.48. The van der Waals surface area contributed by atoms with Crippen LogP contribution in [0.25, 0.3) is 0 Å². The number of carboxylic acids is 1. The number of phenols is 1. The van der Waals surface area contributed by atoms with Gasteiger partial charge in [-0.25, -0.2) is 0 Å². The maximum absolute atomic E-state index is 13.0. The van der Waals surface area contributed by atoms with Gasteiger partial charge in [-0.15, -0.1) is 0 Å². The number of halogens is 3. The topological polar surface area (TPSA) is 57.5 Å². The minimum Gasteiger partial charge on any atom is -0.508 e. The molecule has 0 radical (unpaired) electrons. The van der Waals surface area contributed by atoms with Crippen molar-refractivity contribution in [3.05, 3.63) is 29.3 Å². The summed E-state index contributed by atoms with van der Waals surface area (Å²) < 4.78 is 38.9. The molecule has 2 rings (SSSR count). The van der Waals surface area contributed by atoms with Gasteiger partial charge in [0.15, 0.2) is 0 Å². The minimum absolute atomic E-state index is 0.0921. The number of phenolic OH excluding ortho intramolecular Hbond substituents is 1. The smallest absolute Gasteiger partial charge is 0.416 e. The fourth-order valence-electron chi connectivity index (χ4n) is 2.38. The SMILES string of the molecule is O=C(O)CC(c1c(O)cccc1C(F)(F)F)C1CC1. The van der Waals surface area contributed by atoms with Crippen LogP contribution < -0.4 is 0 Å². The highest BCUT2D eigenvalue weighted by Crippen LogP contribution is 2.50. The molecular formula is C13H13F3O3. The lowest BCUT2D eigenvalue weighted by Gasteiger charge is -2.21. The molecule has 1 aliphatic rings. The van der Waals surface area contributed by atoms with E-state index in [1.807, 2.05) is 0 Å². The first-order chi connectivity index (χ1) is 8.80. The van der Waals surface area contributed by atoms with Gasteiger partial charge in [-0.1, -0.05) is 6.07 Å². The van der Waals surface area contributed by atoms with E-state index >= 15 is 0 Å². The number of aliphatic carboxylic acids is 1. The molecule has 1 fully saturated rings. The first-order valence-corrected chi connectivity index (χ1v) is 5.91. The lowest BCUT2D eigenvalue weighted by molar-refractivity contribution is -0.141. The molecule has 1 unspecified atom stereocenters. The molecule has 0 heterocycles. The molecule has 1 aromatic carbocycles. The third-order valence-corrected chi connectivity index (χ3v) is 3.34. The summed E-state index contributed by atoms with van der Waals surface area (Å²) in [6.07, 6.45) is -3.60. The second kappa shape index (κ2) is 4.75. The van der Waals surface area contributed by atoms with Crippen molar-refractivity contribution in [1.29, 1.82) is 0 Å². The summed E-state index contributed by atoms with van der Waals surface area (Å²) in [5.41, 5.74) is -1.22. The normalized spacial score (nSPS) is 17.2. The molecule has 0 saturated heterocycles. The average Bonchev–Trinajstić information content (AvgIpc) is 3.08. The van der Waals surface area contributed by atoms with Crippen LogP contribution in [-0.4, -0.2) is 16.2 Å². The van der Waals surface area contributed by atoms with Crippen LogP contribution in [0.3, 0.4) is 0 Å². The Labute approximate surface area is 107 Å². The van der Waals surface area contributed by atoms with Gasteiger partial charge in [0.2, 0.25) is 0 Å². The summed E-state index contributed by atoms with van der Waals surface area (Å²) in [5.74, 6) is -2.51. The zero-order valence-corrected chi connectivity index (χ0v) is 9.94. The second-order valence-corrected chi connectivity index (χ2v) is 4.78.